The van der Waals surface area contributed by atoms with Crippen molar-refractivity contribution in [3.05, 3.63) is 88.4 Å². The number of nitrogens with one attached hydrogen (secondary N) is 1. The van der Waals surface area contributed by atoms with Gasteiger partial charge in [-0.3, -0.25) is 14.7 Å². The molecule has 32 heavy (non-hydrogen) atoms. The van der Waals surface area contributed by atoms with E-state index in [2.05, 4.69) is 17.4 Å². The molecule has 3 aromatic carbocycles. The number of aromatic nitrogens is 1. The number of carbonyl (C=O) groups excluding carboxylic acids is 1. The van der Waals surface area contributed by atoms with E-state index in [1.165, 1.54) is 12.1 Å². The van der Waals surface area contributed by atoms with Crippen LogP contribution in [0.5, 0.6) is 0 Å². The van der Waals surface area contributed by atoms with E-state index in [0.29, 0.717) is 11.2 Å². The van der Waals surface area contributed by atoms with E-state index < -0.39 is 24.4 Å². The molecule has 0 spiro atoms. The SMILES string of the molecule is O=C(O)Cn1c(=O)oc2cc(NC(=O)OCC3c4ccccc4-c4ccccc43)ccc21. The molecule has 0 saturated carbocycles. The molecule has 1 aromatic heterocycles. The van der Waals surface area contributed by atoms with Gasteiger partial charge in [0.2, 0.25) is 0 Å². The van der Waals surface area contributed by atoms with E-state index in [1.807, 2.05) is 36.4 Å². The minimum Gasteiger partial charge on any atom is -0.480 e. The number of hydrogen-bond donors (Lipinski definition) is 2. The molecule has 1 heterocycles. The third-order valence-electron chi connectivity index (χ3n) is 5.55. The normalized spacial score (nSPS) is 12.4. The van der Waals surface area contributed by atoms with Gasteiger partial charge in [0.1, 0.15) is 13.2 Å². The standard InChI is InChI=1S/C24H18N2O6/c27-22(28)12-26-20-10-9-14(11-21(20)32-24(26)30)25-23(29)31-13-19-17-7-3-1-5-15(17)16-6-2-4-8-18(16)19/h1-11,19H,12-13H2,(H,25,29)(H,27,28). The molecule has 0 radical (unpaired) electrons. The Morgan fingerprint density at radius 3 is 2.31 bits per heavy atom. The average molecular weight is 430 g/mol. The van der Waals surface area contributed by atoms with Gasteiger partial charge in [-0.2, -0.15) is 0 Å². The molecule has 0 atom stereocenters. The third kappa shape index (κ3) is 3.41. The predicted molar refractivity (Wildman–Crippen MR) is 117 cm³/mol. The molecule has 8 nitrogen and oxygen atoms in total. The van der Waals surface area contributed by atoms with Crippen molar-refractivity contribution in [1.29, 1.82) is 0 Å². The summed E-state index contributed by atoms with van der Waals surface area (Å²) in [6.07, 6.45) is -0.640. The molecular weight excluding hydrogens is 412 g/mol. The lowest BCUT2D eigenvalue weighted by atomic mass is 9.98. The van der Waals surface area contributed by atoms with Crippen LogP contribution >= 0.6 is 0 Å². The molecule has 1 aliphatic carbocycles. The summed E-state index contributed by atoms with van der Waals surface area (Å²) < 4.78 is 11.6. The van der Waals surface area contributed by atoms with E-state index in [0.717, 1.165) is 26.8 Å². The number of carboxylic acids is 1. The van der Waals surface area contributed by atoms with Crippen LogP contribution < -0.4 is 11.1 Å². The number of fused-ring (bicyclic) bond motifs is 4. The van der Waals surface area contributed by atoms with Gasteiger partial charge in [-0.15, -0.1) is 0 Å². The first-order valence-corrected chi connectivity index (χ1v) is 9.98. The number of amides is 1. The number of anilines is 1. The van der Waals surface area contributed by atoms with E-state index in [9.17, 15) is 14.4 Å². The van der Waals surface area contributed by atoms with Crippen molar-refractivity contribution in [2.45, 2.75) is 12.5 Å². The fourth-order valence-corrected chi connectivity index (χ4v) is 4.18. The Labute approximate surface area is 181 Å². The number of ether oxygens (including phenoxy) is 1. The summed E-state index contributed by atoms with van der Waals surface area (Å²) in [5, 5.41) is 11.6. The van der Waals surface area contributed by atoms with Crippen molar-refractivity contribution in [3.63, 3.8) is 0 Å². The summed E-state index contributed by atoms with van der Waals surface area (Å²) >= 11 is 0. The number of nitrogens with zero attached hydrogens (tertiary/aromatic N) is 1. The number of carbonyl (C=O) groups is 2. The Kier molecular flexibility index (Phi) is 4.74. The zero-order chi connectivity index (χ0) is 22.2. The average Bonchev–Trinajstić information content (AvgIpc) is 3.26. The lowest BCUT2D eigenvalue weighted by Gasteiger charge is -2.14. The Morgan fingerprint density at radius 2 is 1.66 bits per heavy atom. The summed E-state index contributed by atoms with van der Waals surface area (Å²) in [6.45, 7) is -0.336. The highest BCUT2D eigenvalue weighted by Gasteiger charge is 2.29. The van der Waals surface area contributed by atoms with Crippen molar-refractivity contribution in [3.8, 4) is 11.1 Å². The number of rotatable bonds is 5. The van der Waals surface area contributed by atoms with Gasteiger partial charge in [-0.05, 0) is 34.4 Å². The van der Waals surface area contributed by atoms with Gasteiger partial charge in [0.05, 0.1) is 5.52 Å². The Balaban J connectivity index is 1.31. The van der Waals surface area contributed by atoms with Crippen LogP contribution in [-0.4, -0.2) is 28.3 Å². The van der Waals surface area contributed by atoms with Crippen molar-refractivity contribution in [2.75, 3.05) is 11.9 Å². The lowest BCUT2D eigenvalue weighted by Crippen LogP contribution is -2.19. The van der Waals surface area contributed by atoms with Crippen LogP contribution in [0.3, 0.4) is 0 Å². The van der Waals surface area contributed by atoms with Crippen LogP contribution in [0.1, 0.15) is 17.0 Å². The van der Waals surface area contributed by atoms with Gasteiger partial charge < -0.3 is 14.3 Å². The molecule has 1 aliphatic rings. The van der Waals surface area contributed by atoms with Crippen molar-refractivity contribution in [2.24, 2.45) is 0 Å². The molecule has 2 N–H and O–H groups in total. The fourth-order valence-electron chi connectivity index (χ4n) is 4.18. The highest BCUT2D eigenvalue weighted by atomic mass is 16.5. The number of carboxylic acid groups (broad SMARTS) is 1. The molecule has 0 fully saturated rings. The lowest BCUT2D eigenvalue weighted by molar-refractivity contribution is -0.137. The van der Waals surface area contributed by atoms with E-state index in [-0.39, 0.29) is 18.1 Å². The second kappa shape index (κ2) is 7.73. The number of oxazole rings is 1. The maximum Gasteiger partial charge on any atom is 0.420 e. The van der Waals surface area contributed by atoms with Crippen molar-refractivity contribution >= 4 is 28.8 Å². The molecule has 0 aliphatic heterocycles. The maximum absolute atomic E-state index is 12.4. The first-order chi connectivity index (χ1) is 15.5. The number of hydrogen-bond acceptors (Lipinski definition) is 5. The topological polar surface area (TPSA) is 111 Å². The van der Waals surface area contributed by atoms with Crippen LogP contribution in [0.2, 0.25) is 0 Å². The first kappa shape index (κ1) is 19.6. The van der Waals surface area contributed by atoms with Gasteiger partial charge >= 0.3 is 17.8 Å². The largest absolute Gasteiger partial charge is 0.480 e. The van der Waals surface area contributed by atoms with Crippen LogP contribution in [0.25, 0.3) is 22.2 Å². The highest BCUT2D eigenvalue weighted by Crippen LogP contribution is 2.44. The molecule has 8 heteroatoms. The van der Waals surface area contributed by atoms with Gasteiger partial charge in [0, 0.05) is 17.7 Å². The molecular formula is C24H18N2O6. The zero-order valence-electron chi connectivity index (χ0n) is 16.8. The second-order valence-electron chi connectivity index (χ2n) is 7.48. The smallest absolute Gasteiger partial charge is 0.420 e. The summed E-state index contributed by atoms with van der Waals surface area (Å²) in [5.74, 6) is -1.99. The molecule has 0 bridgehead atoms. The van der Waals surface area contributed by atoms with E-state index in [4.69, 9.17) is 14.3 Å². The zero-order valence-corrected chi connectivity index (χ0v) is 16.8. The summed E-state index contributed by atoms with van der Waals surface area (Å²) in [5.41, 5.74) is 5.38. The molecule has 0 saturated heterocycles. The molecule has 1 amide bonds. The highest BCUT2D eigenvalue weighted by molar-refractivity contribution is 5.88. The van der Waals surface area contributed by atoms with Crippen LogP contribution in [0.4, 0.5) is 10.5 Å². The van der Waals surface area contributed by atoms with Crippen LogP contribution in [-0.2, 0) is 16.1 Å². The van der Waals surface area contributed by atoms with Crippen molar-refractivity contribution < 1.29 is 23.8 Å². The van der Waals surface area contributed by atoms with Crippen LogP contribution in [0.15, 0.2) is 75.9 Å². The van der Waals surface area contributed by atoms with Gasteiger partial charge in [-0.1, -0.05) is 48.5 Å². The Bertz CT molecular complexity index is 1370. The molecule has 0 unspecified atom stereocenters. The number of benzene rings is 3. The number of aliphatic carboxylic acids is 1. The first-order valence-electron chi connectivity index (χ1n) is 9.98. The predicted octanol–water partition coefficient (Wildman–Crippen LogP) is 4.04. The van der Waals surface area contributed by atoms with Crippen molar-refractivity contribution in [1.82, 2.24) is 4.57 Å². The minimum absolute atomic E-state index is 0.0568. The van der Waals surface area contributed by atoms with Gasteiger partial charge in [0.15, 0.2) is 5.58 Å². The van der Waals surface area contributed by atoms with Crippen LogP contribution in [0, 0.1) is 0 Å². The van der Waals surface area contributed by atoms with E-state index >= 15 is 0 Å². The molecule has 160 valence electrons. The molecule has 4 aromatic rings. The molecule has 5 rings (SSSR count). The minimum atomic E-state index is -1.16. The Morgan fingerprint density at radius 1 is 1.00 bits per heavy atom. The third-order valence-corrected chi connectivity index (χ3v) is 5.55. The van der Waals surface area contributed by atoms with Gasteiger partial charge in [-0.25, -0.2) is 9.59 Å². The summed E-state index contributed by atoms with van der Waals surface area (Å²) in [6, 6.07) is 20.7. The summed E-state index contributed by atoms with van der Waals surface area (Å²) in [7, 11) is 0. The van der Waals surface area contributed by atoms with Gasteiger partial charge in [0.25, 0.3) is 0 Å². The van der Waals surface area contributed by atoms with E-state index in [1.54, 1.807) is 6.07 Å². The quantitative estimate of drug-likeness (QED) is 0.494. The fraction of sp³-hybridized carbons (Fsp3) is 0.125. The second-order valence-corrected chi connectivity index (χ2v) is 7.48. The maximum atomic E-state index is 12.4. The Hall–Kier alpha value is -4.33. The monoisotopic (exact) mass is 430 g/mol. The summed E-state index contributed by atoms with van der Waals surface area (Å²) in [4.78, 5) is 35.3.